The van der Waals surface area contributed by atoms with Gasteiger partial charge in [0.15, 0.2) is 0 Å². The second kappa shape index (κ2) is 10.6. The molecule has 162 valence electrons. The van der Waals surface area contributed by atoms with Crippen molar-refractivity contribution in [1.82, 2.24) is 10.7 Å². The first-order chi connectivity index (χ1) is 14.7. The fourth-order valence-electron chi connectivity index (χ4n) is 2.74. The number of nitro benzene ring substituents is 2. The number of nitrogens with one attached hydrogen (secondary N) is 2. The van der Waals surface area contributed by atoms with Crippen molar-refractivity contribution < 1.29 is 19.4 Å². The molecule has 2 N–H and O–H groups in total. The summed E-state index contributed by atoms with van der Waals surface area (Å²) in [7, 11) is 0. The number of rotatable bonds is 9. The van der Waals surface area contributed by atoms with Crippen LogP contribution in [0.15, 0.2) is 53.6 Å². The van der Waals surface area contributed by atoms with E-state index in [1.165, 1.54) is 0 Å². The number of hydrogen-bond donors (Lipinski definition) is 2. The van der Waals surface area contributed by atoms with E-state index in [0.29, 0.717) is 5.71 Å². The van der Waals surface area contributed by atoms with E-state index in [-0.39, 0.29) is 23.9 Å². The van der Waals surface area contributed by atoms with Crippen LogP contribution in [0.5, 0.6) is 0 Å². The topological polar surface area (TPSA) is 157 Å². The summed E-state index contributed by atoms with van der Waals surface area (Å²) in [5, 5.41) is 28.6. The molecular weight excluding hydrogens is 406 g/mol. The minimum atomic E-state index is -0.789. The molecule has 0 aliphatic heterocycles. The van der Waals surface area contributed by atoms with E-state index < -0.39 is 33.5 Å². The highest BCUT2D eigenvalue weighted by Crippen LogP contribution is 2.25. The normalized spacial score (nSPS) is 12.0. The summed E-state index contributed by atoms with van der Waals surface area (Å²) in [5.74, 6) is -0.938. The van der Waals surface area contributed by atoms with E-state index in [0.717, 1.165) is 23.8 Å². The molecule has 1 unspecified atom stereocenters. The molecule has 0 saturated carbocycles. The Morgan fingerprint density at radius 3 is 2.32 bits per heavy atom. The number of hydrazone groups is 1. The Morgan fingerprint density at radius 2 is 1.71 bits per heavy atom. The molecule has 0 bridgehead atoms. The second-order valence-corrected chi connectivity index (χ2v) is 6.76. The average molecular weight is 427 g/mol. The number of hydrogen-bond acceptors (Lipinski definition) is 7. The summed E-state index contributed by atoms with van der Waals surface area (Å²) in [6.45, 7) is 3.40. The van der Waals surface area contributed by atoms with Gasteiger partial charge in [0.1, 0.15) is 0 Å². The van der Waals surface area contributed by atoms with Crippen molar-refractivity contribution in [3.8, 4) is 0 Å². The van der Waals surface area contributed by atoms with Crippen molar-refractivity contribution in [3.63, 3.8) is 0 Å². The van der Waals surface area contributed by atoms with Gasteiger partial charge in [-0.05, 0) is 25.5 Å². The predicted octanol–water partition coefficient (Wildman–Crippen LogP) is 2.81. The van der Waals surface area contributed by atoms with Crippen LogP contribution in [0.2, 0.25) is 0 Å². The van der Waals surface area contributed by atoms with Crippen molar-refractivity contribution in [2.75, 3.05) is 0 Å². The molecule has 0 fully saturated rings. The maximum Gasteiger partial charge on any atom is 0.279 e. The predicted molar refractivity (Wildman–Crippen MR) is 112 cm³/mol. The van der Waals surface area contributed by atoms with Crippen molar-refractivity contribution >= 4 is 28.9 Å². The van der Waals surface area contributed by atoms with Gasteiger partial charge in [-0.2, -0.15) is 5.10 Å². The number of benzene rings is 2. The van der Waals surface area contributed by atoms with Crippen LogP contribution in [-0.4, -0.2) is 27.4 Å². The molecule has 2 aromatic carbocycles. The lowest BCUT2D eigenvalue weighted by Gasteiger charge is -2.14. The molecule has 31 heavy (non-hydrogen) atoms. The SMILES string of the molecule is CC(CC(=O)NC(C)c1ccccc1)=NNC(=O)Cc1ccc([N+](=O)[O-])cc1[N+](=O)[O-]. The fraction of sp³-hybridized carbons (Fsp3) is 0.250. The molecule has 0 heterocycles. The second-order valence-electron chi connectivity index (χ2n) is 6.76. The van der Waals surface area contributed by atoms with Gasteiger partial charge in [-0.3, -0.25) is 29.8 Å². The Labute approximate surface area is 177 Å². The molecule has 0 aromatic heterocycles. The lowest BCUT2D eigenvalue weighted by molar-refractivity contribution is -0.394. The summed E-state index contributed by atoms with van der Waals surface area (Å²) < 4.78 is 0. The van der Waals surface area contributed by atoms with E-state index in [1.54, 1.807) is 6.92 Å². The first kappa shape index (κ1) is 23.1. The zero-order chi connectivity index (χ0) is 23.0. The first-order valence-corrected chi connectivity index (χ1v) is 9.25. The fourth-order valence-corrected chi connectivity index (χ4v) is 2.74. The molecule has 11 heteroatoms. The molecule has 1 atom stereocenters. The van der Waals surface area contributed by atoms with Crippen LogP contribution < -0.4 is 10.7 Å². The zero-order valence-corrected chi connectivity index (χ0v) is 16.9. The largest absolute Gasteiger partial charge is 0.349 e. The summed E-state index contributed by atoms with van der Waals surface area (Å²) in [6.07, 6.45) is -0.447. The number of carbonyl (C=O) groups excluding carboxylic acids is 2. The van der Waals surface area contributed by atoms with Gasteiger partial charge >= 0.3 is 0 Å². The molecule has 2 amide bonds. The molecule has 0 aliphatic carbocycles. The first-order valence-electron chi connectivity index (χ1n) is 9.25. The third-order valence-corrected chi connectivity index (χ3v) is 4.29. The monoisotopic (exact) mass is 427 g/mol. The van der Waals surface area contributed by atoms with Gasteiger partial charge in [-0.1, -0.05) is 30.3 Å². The maximum absolute atomic E-state index is 12.1. The van der Waals surface area contributed by atoms with Gasteiger partial charge in [-0.25, -0.2) is 5.43 Å². The lowest BCUT2D eigenvalue weighted by atomic mass is 10.1. The maximum atomic E-state index is 12.1. The molecule has 0 saturated heterocycles. The standard InChI is InChI=1S/C20H21N5O6/c1-13(10-19(26)21-14(2)15-6-4-3-5-7-15)22-23-20(27)11-16-8-9-17(24(28)29)12-18(16)25(30)31/h3-9,12,14H,10-11H2,1-2H3,(H,21,26)(H,23,27). The van der Waals surface area contributed by atoms with Crippen LogP contribution >= 0.6 is 0 Å². The van der Waals surface area contributed by atoms with Crippen molar-refractivity contribution in [3.05, 3.63) is 79.9 Å². The Balaban J connectivity index is 1.93. The number of nitro groups is 2. The summed E-state index contributed by atoms with van der Waals surface area (Å²) in [4.78, 5) is 44.6. The molecular formula is C20H21N5O6. The van der Waals surface area contributed by atoms with Crippen LogP contribution in [0.3, 0.4) is 0 Å². The number of nitrogens with zero attached hydrogens (tertiary/aromatic N) is 3. The zero-order valence-electron chi connectivity index (χ0n) is 16.9. The highest BCUT2D eigenvalue weighted by atomic mass is 16.6. The van der Waals surface area contributed by atoms with Crippen LogP contribution in [-0.2, 0) is 16.0 Å². The Hall–Kier alpha value is -4.15. The van der Waals surface area contributed by atoms with Crippen molar-refractivity contribution in [1.29, 1.82) is 0 Å². The van der Waals surface area contributed by atoms with Gasteiger partial charge in [0.25, 0.3) is 11.4 Å². The Morgan fingerprint density at radius 1 is 1.03 bits per heavy atom. The summed E-state index contributed by atoms with van der Waals surface area (Å²) >= 11 is 0. The quantitative estimate of drug-likeness (QED) is 0.356. The molecule has 0 radical (unpaired) electrons. The minimum absolute atomic E-state index is 0.00961. The molecule has 2 aromatic rings. The van der Waals surface area contributed by atoms with Crippen molar-refractivity contribution in [2.24, 2.45) is 5.10 Å². The Kier molecular flexibility index (Phi) is 7.89. The molecule has 2 rings (SSSR count). The Bertz CT molecular complexity index is 1020. The van der Waals surface area contributed by atoms with Crippen LogP contribution in [0.4, 0.5) is 11.4 Å². The summed E-state index contributed by atoms with van der Waals surface area (Å²) in [5.41, 5.74) is 2.56. The third kappa shape index (κ3) is 6.99. The van der Waals surface area contributed by atoms with Crippen LogP contribution in [0.25, 0.3) is 0 Å². The number of non-ortho nitro benzene ring substituents is 1. The van der Waals surface area contributed by atoms with E-state index in [4.69, 9.17) is 0 Å². The van der Waals surface area contributed by atoms with Gasteiger partial charge in [-0.15, -0.1) is 0 Å². The molecule has 0 spiro atoms. The highest BCUT2D eigenvalue weighted by Gasteiger charge is 2.21. The van der Waals surface area contributed by atoms with Gasteiger partial charge in [0.2, 0.25) is 11.8 Å². The number of amides is 2. The summed E-state index contributed by atoms with van der Waals surface area (Å²) in [6, 6.07) is 12.3. The van der Waals surface area contributed by atoms with Gasteiger partial charge < -0.3 is 5.32 Å². The third-order valence-electron chi connectivity index (χ3n) is 4.29. The van der Waals surface area contributed by atoms with Gasteiger partial charge in [0, 0.05) is 17.3 Å². The van der Waals surface area contributed by atoms with Crippen LogP contribution in [0.1, 0.15) is 37.4 Å². The molecule has 11 nitrogen and oxygen atoms in total. The molecule has 0 aliphatic rings. The smallest absolute Gasteiger partial charge is 0.279 e. The van der Waals surface area contributed by atoms with Gasteiger partial charge in [0.05, 0.1) is 34.8 Å². The highest BCUT2D eigenvalue weighted by molar-refractivity contribution is 6.00. The lowest BCUT2D eigenvalue weighted by Crippen LogP contribution is -2.29. The van der Waals surface area contributed by atoms with Crippen molar-refractivity contribution in [2.45, 2.75) is 32.7 Å². The van der Waals surface area contributed by atoms with E-state index >= 15 is 0 Å². The van der Waals surface area contributed by atoms with E-state index in [9.17, 15) is 29.8 Å². The van der Waals surface area contributed by atoms with Crippen LogP contribution in [0, 0.1) is 20.2 Å². The van der Waals surface area contributed by atoms with E-state index in [2.05, 4.69) is 15.8 Å². The van der Waals surface area contributed by atoms with E-state index in [1.807, 2.05) is 37.3 Å². The number of carbonyl (C=O) groups is 2. The average Bonchev–Trinajstić information content (AvgIpc) is 2.72. The minimum Gasteiger partial charge on any atom is -0.349 e.